The molecule has 0 atom stereocenters. The highest BCUT2D eigenvalue weighted by Crippen LogP contribution is 2.31. The van der Waals surface area contributed by atoms with E-state index in [1.54, 1.807) is 12.3 Å². The minimum absolute atomic E-state index is 0.0769. The number of nitrogens with zero attached hydrogens (tertiary/aromatic N) is 3. The first kappa shape index (κ1) is 22.7. The molecule has 4 aromatic rings. The summed E-state index contributed by atoms with van der Waals surface area (Å²) in [5.74, 6) is 2.75. The Hall–Kier alpha value is -4.07. The Labute approximate surface area is 203 Å². The second kappa shape index (κ2) is 10.5. The predicted molar refractivity (Wildman–Crippen MR) is 132 cm³/mol. The number of hydrogen-bond donors (Lipinski definition) is 1. The second-order valence-corrected chi connectivity index (χ2v) is 8.43. The van der Waals surface area contributed by atoms with E-state index in [4.69, 9.17) is 13.9 Å². The fourth-order valence-corrected chi connectivity index (χ4v) is 4.18. The van der Waals surface area contributed by atoms with Crippen LogP contribution in [-0.2, 0) is 6.54 Å². The summed E-state index contributed by atoms with van der Waals surface area (Å²) in [5.41, 5.74) is 2.59. The number of urea groups is 1. The predicted octanol–water partition coefficient (Wildman–Crippen LogP) is 5.50. The number of rotatable bonds is 7. The number of pyridine rings is 1. The Kier molecular flexibility index (Phi) is 6.79. The van der Waals surface area contributed by atoms with Crippen molar-refractivity contribution in [1.82, 2.24) is 20.2 Å². The first-order valence-corrected chi connectivity index (χ1v) is 11.9. The Morgan fingerprint density at radius 3 is 2.57 bits per heavy atom. The van der Waals surface area contributed by atoms with E-state index in [-0.39, 0.29) is 11.9 Å². The van der Waals surface area contributed by atoms with Crippen LogP contribution < -0.4 is 14.8 Å². The fourth-order valence-electron chi connectivity index (χ4n) is 4.18. The molecule has 8 nitrogen and oxygen atoms in total. The number of piperidine rings is 1. The van der Waals surface area contributed by atoms with Gasteiger partial charge in [-0.15, -0.1) is 0 Å². The summed E-state index contributed by atoms with van der Waals surface area (Å²) >= 11 is 0. The van der Waals surface area contributed by atoms with Crippen LogP contribution in [0.25, 0.3) is 11.1 Å². The summed E-state index contributed by atoms with van der Waals surface area (Å²) < 4.78 is 17.4. The standard InChI is InChI=1S/C27H28N4O4/c1-2-33-23-9-5-6-10-24(23)34-25-12-11-19(17-28-25)18-29-27(32)31-15-13-20(14-16-31)26-30-21-7-3-4-8-22(21)35-26/h3-12,17,20H,2,13-16,18H2,1H3,(H,29,32). The maximum atomic E-state index is 12.7. The van der Waals surface area contributed by atoms with Crippen LogP contribution >= 0.6 is 0 Å². The molecule has 0 radical (unpaired) electrons. The highest BCUT2D eigenvalue weighted by Gasteiger charge is 2.27. The number of para-hydroxylation sites is 4. The van der Waals surface area contributed by atoms with Crippen LogP contribution in [0.15, 0.2) is 71.3 Å². The van der Waals surface area contributed by atoms with E-state index in [2.05, 4.69) is 15.3 Å². The van der Waals surface area contributed by atoms with E-state index in [0.29, 0.717) is 43.6 Å². The molecular formula is C27H28N4O4. The van der Waals surface area contributed by atoms with Crippen molar-refractivity contribution in [3.05, 3.63) is 78.3 Å². The van der Waals surface area contributed by atoms with E-state index in [1.165, 1.54) is 0 Å². The lowest BCUT2D eigenvalue weighted by molar-refractivity contribution is 0.177. The largest absolute Gasteiger partial charge is 0.490 e. The van der Waals surface area contributed by atoms with Gasteiger partial charge in [-0.3, -0.25) is 0 Å². The van der Waals surface area contributed by atoms with Gasteiger partial charge in [-0.2, -0.15) is 0 Å². The zero-order valence-corrected chi connectivity index (χ0v) is 19.6. The maximum absolute atomic E-state index is 12.7. The van der Waals surface area contributed by atoms with Crippen molar-refractivity contribution in [1.29, 1.82) is 0 Å². The van der Waals surface area contributed by atoms with Gasteiger partial charge in [-0.05, 0) is 49.6 Å². The normalized spacial score (nSPS) is 14.1. The van der Waals surface area contributed by atoms with E-state index < -0.39 is 0 Å². The molecule has 0 bridgehead atoms. The molecule has 2 aromatic carbocycles. The van der Waals surface area contributed by atoms with Crippen LogP contribution in [0.2, 0.25) is 0 Å². The second-order valence-electron chi connectivity index (χ2n) is 8.43. The Balaban J connectivity index is 1.10. The monoisotopic (exact) mass is 472 g/mol. The third kappa shape index (κ3) is 5.37. The SMILES string of the molecule is CCOc1ccccc1Oc1ccc(CNC(=O)N2CCC(c3nc4ccccc4o3)CC2)cn1. The number of fused-ring (bicyclic) bond motifs is 1. The highest BCUT2D eigenvalue weighted by molar-refractivity contribution is 5.74. The zero-order chi connectivity index (χ0) is 24.0. The van der Waals surface area contributed by atoms with E-state index in [0.717, 1.165) is 35.4 Å². The number of benzene rings is 2. The summed E-state index contributed by atoms with van der Waals surface area (Å²) in [6.45, 7) is 4.21. The average molecular weight is 473 g/mol. The average Bonchev–Trinajstić information content (AvgIpc) is 3.34. The first-order valence-electron chi connectivity index (χ1n) is 11.9. The number of hydrogen-bond acceptors (Lipinski definition) is 6. The van der Waals surface area contributed by atoms with Gasteiger partial charge in [0.2, 0.25) is 5.88 Å². The number of ether oxygens (including phenoxy) is 2. The van der Waals surface area contributed by atoms with Gasteiger partial charge in [0.05, 0.1) is 6.61 Å². The maximum Gasteiger partial charge on any atom is 0.317 e. The molecule has 2 aromatic heterocycles. The lowest BCUT2D eigenvalue weighted by Gasteiger charge is -2.30. The number of carbonyl (C=O) groups is 1. The molecule has 0 saturated carbocycles. The van der Waals surface area contributed by atoms with Gasteiger partial charge in [0.1, 0.15) is 5.52 Å². The summed E-state index contributed by atoms with van der Waals surface area (Å²) in [6.07, 6.45) is 3.37. The molecule has 8 heteroatoms. The molecule has 2 amide bonds. The minimum Gasteiger partial charge on any atom is -0.490 e. The van der Waals surface area contributed by atoms with Crippen molar-refractivity contribution in [3.8, 4) is 17.4 Å². The van der Waals surface area contributed by atoms with Gasteiger partial charge in [0.25, 0.3) is 0 Å². The third-order valence-corrected chi connectivity index (χ3v) is 6.05. The van der Waals surface area contributed by atoms with Gasteiger partial charge in [0.15, 0.2) is 23.0 Å². The lowest BCUT2D eigenvalue weighted by Crippen LogP contribution is -2.43. The summed E-state index contributed by atoms with van der Waals surface area (Å²) in [6, 6.07) is 18.9. The molecular weight excluding hydrogens is 444 g/mol. The molecule has 0 aliphatic carbocycles. The van der Waals surface area contributed by atoms with E-state index in [9.17, 15) is 4.79 Å². The Bertz CT molecular complexity index is 1250. The number of aromatic nitrogens is 2. The molecule has 1 aliphatic rings. The van der Waals surface area contributed by atoms with E-state index >= 15 is 0 Å². The smallest absolute Gasteiger partial charge is 0.317 e. The van der Waals surface area contributed by atoms with E-state index in [1.807, 2.05) is 66.4 Å². The molecule has 35 heavy (non-hydrogen) atoms. The van der Waals surface area contributed by atoms with Gasteiger partial charge in [-0.1, -0.05) is 30.3 Å². The van der Waals surface area contributed by atoms with Gasteiger partial charge < -0.3 is 24.1 Å². The zero-order valence-electron chi connectivity index (χ0n) is 19.6. The minimum atomic E-state index is -0.0769. The van der Waals surface area contributed by atoms with Crippen molar-refractivity contribution in [2.24, 2.45) is 0 Å². The van der Waals surface area contributed by atoms with Crippen LogP contribution in [0.3, 0.4) is 0 Å². The first-order chi connectivity index (χ1) is 17.2. The molecule has 1 fully saturated rings. The number of oxazole rings is 1. The fraction of sp³-hybridized carbons (Fsp3) is 0.296. The molecule has 3 heterocycles. The molecule has 0 unspecified atom stereocenters. The number of likely N-dealkylation sites (tertiary alicyclic amines) is 1. The molecule has 0 spiro atoms. The summed E-state index contributed by atoms with van der Waals surface area (Å²) in [4.78, 5) is 23.5. The van der Waals surface area contributed by atoms with Crippen LogP contribution in [0, 0.1) is 0 Å². The van der Waals surface area contributed by atoms with Crippen molar-refractivity contribution < 1.29 is 18.7 Å². The molecule has 1 saturated heterocycles. The summed E-state index contributed by atoms with van der Waals surface area (Å²) in [7, 11) is 0. The Morgan fingerprint density at radius 1 is 1.06 bits per heavy atom. The van der Waals surface area contributed by atoms with Gasteiger partial charge >= 0.3 is 6.03 Å². The lowest BCUT2D eigenvalue weighted by atomic mass is 9.97. The Morgan fingerprint density at radius 2 is 1.83 bits per heavy atom. The highest BCUT2D eigenvalue weighted by atomic mass is 16.5. The van der Waals surface area contributed by atoms with Gasteiger partial charge in [-0.25, -0.2) is 14.8 Å². The quantitative estimate of drug-likeness (QED) is 0.382. The number of amides is 2. The molecule has 1 N–H and O–H groups in total. The van der Waals surface area contributed by atoms with Gasteiger partial charge in [0, 0.05) is 37.8 Å². The van der Waals surface area contributed by atoms with Crippen LogP contribution in [0.4, 0.5) is 4.79 Å². The van der Waals surface area contributed by atoms with Crippen LogP contribution in [0.1, 0.15) is 37.1 Å². The molecule has 5 rings (SSSR count). The van der Waals surface area contributed by atoms with Crippen molar-refractivity contribution in [2.75, 3.05) is 19.7 Å². The van der Waals surface area contributed by atoms with Crippen molar-refractivity contribution >= 4 is 17.1 Å². The molecule has 1 aliphatic heterocycles. The number of nitrogens with one attached hydrogen (secondary N) is 1. The molecule has 180 valence electrons. The topological polar surface area (TPSA) is 89.7 Å². The number of carbonyl (C=O) groups excluding carboxylic acids is 1. The van der Waals surface area contributed by atoms with Crippen molar-refractivity contribution in [3.63, 3.8) is 0 Å². The third-order valence-electron chi connectivity index (χ3n) is 6.05. The van der Waals surface area contributed by atoms with Crippen LogP contribution in [0.5, 0.6) is 17.4 Å². The van der Waals surface area contributed by atoms with Crippen molar-refractivity contribution in [2.45, 2.75) is 32.2 Å². The summed E-state index contributed by atoms with van der Waals surface area (Å²) in [5, 5.41) is 2.99. The van der Waals surface area contributed by atoms with Crippen LogP contribution in [-0.4, -0.2) is 40.6 Å².